The van der Waals surface area contributed by atoms with E-state index in [1.807, 2.05) is 39.0 Å². The number of hydrogen-bond donors (Lipinski definition) is 0. The number of carbonyl (C=O) groups is 1. The number of methoxy groups -OCH3 is 3. The fourth-order valence-corrected chi connectivity index (χ4v) is 3.41. The van der Waals surface area contributed by atoms with Crippen LogP contribution in [-0.2, 0) is 14.9 Å². The largest absolute Gasteiger partial charge is 0.496 e. The lowest BCUT2D eigenvalue weighted by molar-refractivity contribution is -0.151. The minimum Gasteiger partial charge on any atom is -0.496 e. The summed E-state index contributed by atoms with van der Waals surface area (Å²) in [6.07, 6.45) is 4.67. The van der Waals surface area contributed by atoms with Crippen LogP contribution in [0.15, 0.2) is 24.3 Å². The summed E-state index contributed by atoms with van der Waals surface area (Å²) < 4.78 is 16.2. The van der Waals surface area contributed by atoms with Crippen molar-refractivity contribution < 1.29 is 19.0 Å². The number of allylic oxidation sites excluding steroid dienone is 2. The van der Waals surface area contributed by atoms with Gasteiger partial charge >= 0.3 is 5.97 Å². The molecule has 0 saturated heterocycles. The summed E-state index contributed by atoms with van der Waals surface area (Å²) >= 11 is 0. The molecule has 1 atom stereocenters. The highest BCUT2D eigenvalue weighted by atomic mass is 16.5. The van der Waals surface area contributed by atoms with Crippen molar-refractivity contribution in [3.8, 4) is 11.5 Å². The first-order chi connectivity index (χ1) is 10.3. The molecule has 1 aromatic carbocycles. The van der Waals surface area contributed by atoms with Gasteiger partial charge in [0.1, 0.15) is 16.9 Å². The molecule has 1 aromatic rings. The van der Waals surface area contributed by atoms with E-state index in [1.54, 1.807) is 14.2 Å². The number of ether oxygens (including phenoxy) is 3. The highest BCUT2D eigenvalue weighted by molar-refractivity contribution is 5.87. The first-order valence-electron chi connectivity index (χ1n) is 7.33. The molecule has 0 heterocycles. The summed E-state index contributed by atoms with van der Waals surface area (Å²) in [6.45, 7) is 6.03. The Bertz CT molecular complexity index is 616. The summed E-state index contributed by atoms with van der Waals surface area (Å²) in [5.74, 6) is 1.16. The Morgan fingerprint density at radius 2 is 1.73 bits per heavy atom. The molecular formula is C18H24O4. The Balaban J connectivity index is 2.76. The zero-order valence-corrected chi connectivity index (χ0v) is 14.1. The number of carbonyl (C=O) groups excluding carboxylic acids is 1. The Hall–Kier alpha value is -1.97. The third kappa shape index (κ3) is 2.18. The van der Waals surface area contributed by atoms with E-state index in [0.29, 0.717) is 12.2 Å². The predicted molar refractivity (Wildman–Crippen MR) is 85.5 cm³/mol. The average Bonchev–Trinajstić information content (AvgIpc) is 2.81. The Labute approximate surface area is 132 Å². The first-order valence-corrected chi connectivity index (χ1v) is 7.33. The molecule has 0 radical (unpaired) electrons. The summed E-state index contributed by atoms with van der Waals surface area (Å²) in [5, 5.41) is 0. The summed E-state index contributed by atoms with van der Waals surface area (Å²) in [6, 6.07) is 3.81. The SMILES string of the molecule is COC(=O)C1(c2cc(OC)c(C)cc2OC)CC=CC1(C)C. The van der Waals surface area contributed by atoms with Crippen molar-refractivity contribution in [2.24, 2.45) is 5.41 Å². The van der Waals surface area contributed by atoms with Crippen LogP contribution in [0.3, 0.4) is 0 Å². The normalized spacial score (nSPS) is 22.5. The quantitative estimate of drug-likeness (QED) is 0.631. The van der Waals surface area contributed by atoms with E-state index in [1.165, 1.54) is 7.11 Å². The maximum absolute atomic E-state index is 12.7. The van der Waals surface area contributed by atoms with Gasteiger partial charge in [-0.1, -0.05) is 26.0 Å². The molecular weight excluding hydrogens is 280 g/mol. The molecule has 0 spiro atoms. The Morgan fingerprint density at radius 3 is 2.18 bits per heavy atom. The molecule has 1 unspecified atom stereocenters. The molecule has 0 aliphatic heterocycles. The molecule has 0 N–H and O–H groups in total. The zero-order chi connectivity index (χ0) is 16.5. The van der Waals surface area contributed by atoms with E-state index in [0.717, 1.165) is 16.9 Å². The van der Waals surface area contributed by atoms with Gasteiger partial charge in [0.25, 0.3) is 0 Å². The van der Waals surface area contributed by atoms with E-state index in [4.69, 9.17) is 14.2 Å². The number of rotatable bonds is 4. The maximum atomic E-state index is 12.7. The van der Waals surface area contributed by atoms with Crippen molar-refractivity contribution in [1.82, 2.24) is 0 Å². The highest BCUT2D eigenvalue weighted by Crippen LogP contribution is 2.54. The topological polar surface area (TPSA) is 44.8 Å². The van der Waals surface area contributed by atoms with Crippen molar-refractivity contribution in [1.29, 1.82) is 0 Å². The number of esters is 1. The molecule has 0 amide bonds. The lowest BCUT2D eigenvalue weighted by atomic mass is 9.63. The summed E-state index contributed by atoms with van der Waals surface area (Å²) in [5.41, 5.74) is 0.577. The molecule has 1 aliphatic carbocycles. The second kappa shape index (κ2) is 5.67. The van der Waals surface area contributed by atoms with Gasteiger partial charge in [0.05, 0.1) is 21.3 Å². The average molecular weight is 304 g/mol. The molecule has 0 bridgehead atoms. The minimum absolute atomic E-state index is 0.258. The van der Waals surface area contributed by atoms with E-state index in [9.17, 15) is 4.79 Å². The first kappa shape index (κ1) is 16.4. The third-order valence-electron chi connectivity index (χ3n) is 4.77. The fourth-order valence-electron chi connectivity index (χ4n) is 3.41. The maximum Gasteiger partial charge on any atom is 0.317 e. The van der Waals surface area contributed by atoms with Gasteiger partial charge in [-0.15, -0.1) is 0 Å². The minimum atomic E-state index is -0.811. The number of aryl methyl sites for hydroxylation is 1. The van der Waals surface area contributed by atoms with Crippen LogP contribution in [0.4, 0.5) is 0 Å². The van der Waals surface area contributed by atoms with Gasteiger partial charge in [0.15, 0.2) is 0 Å². The van der Waals surface area contributed by atoms with Gasteiger partial charge in [-0.3, -0.25) is 4.79 Å². The van der Waals surface area contributed by atoms with Crippen molar-refractivity contribution >= 4 is 5.97 Å². The fraction of sp³-hybridized carbons (Fsp3) is 0.500. The lowest BCUT2D eigenvalue weighted by Gasteiger charge is -2.40. The van der Waals surface area contributed by atoms with Crippen LogP contribution >= 0.6 is 0 Å². The second-order valence-corrected chi connectivity index (χ2v) is 6.25. The van der Waals surface area contributed by atoms with Crippen molar-refractivity contribution in [3.05, 3.63) is 35.4 Å². The van der Waals surface area contributed by atoms with Gasteiger partial charge in [0.2, 0.25) is 0 Å². The monoisotopic (exact) mass is 304 g/mol. The molecule has 120 valence electrons. The predicted octanol–water partition coefficient (Wildman–Crippen LogP) is 3.41. The highest BCUT2D eigenvalue weighted by Gasteiger charge is 2.55. The van der Waals surface area contributed by atoms with E-state index >= 15 is 0 Å². The molecule has 22 heavy (non-hydrogen) atoms. The van der Waals surface area contributed by atoms with Crippen molar-refractivity contribution in [2.45, 2.75) is 32.6 Å². The van der Waals surface area contributed by atoms with Gasteiger partial charge in [-0.25, -0.2) is 0 Å². The zero-order valence-electron chi connectivity index (χ0n) is 14.1. The van der Waals surface area contributed by atoms with Crippen LogP contribution < -0.4 is 9.47 Å². The lowest BCUT2D eigenvalue weighted by Crippen LogP contribution is -2.46. The Kier molecular flexibility index (Phi) is 4.23. The molecule has 4 heteroatoms. The second-order valence-electron chi connectivity index (χ2n) is 6.25. The van der Waals surface area contributed by atoms with Crippen LogP contribution in [-0.4, -0.2) is 27.3 Å². The van der Waals surface area contributed by atoms with Crippen LogP contribution in [0.2, 0.25) is 0 Å². The van der Waals surface area contributed by atoms with Gasteiger partial charge in [0, 0.05) is 11.0 Å². The smallest absolute Gasteiger partial charge is 0.317 e. The summed E-state index contributed by atoms with van der Waals surface area (Å²) in [4.78, 5) is 12.7. The van der Waals surface area contributed by atoms with Crippen molar-refractivity contribution in [2.75, 3.05) is 21.3 Å². The van der Waals surface area contributed by atoms with Gasteiger partial charge < -0.3 is 14.2 Å². The summed E-state index contributed by atoms with van der Waals surface area (Å²) in [7, 11) is 4.67. The van der Waals surface area contributed by atoms with Crippen LogP contribution in [0, 0.1) is 12.3 Å². The molecule has 0 saturated carbocycles. The molecule has 0 fully saturated rings. The van der Waals surface area contributed by atoms with Crippen LogP contribution in [0.5, 0.6) is 11.5 Å². The Morgan fingerprint density at radius 1 is 1.09 bits per heavy atom. The standard InChI is InChI=1S/C18H24O4/c1-12-10-15(21-5)13(11-14(12)20-4)18(16(19)22-6)9-7-8-17(18,2)3/h7-8,10-11H,9H2,1-6H3. The van der Waals surface area contributed by atoms with Gasteiger partial charge in [-0.2, -0.15) is 0 Å². The van der Waals surface area contributed by atoms with E-state index in [-0.39, 0.29) is 11.4 Å². The van der Waals surface area contributed by atoms with Crippen LogP contribution in [0.1, 0.15) is 31.4 Å². The third-order valence-corrected chi connectivity index (χ3v) is 4.77. The molecule has 1 aliphatic rings. The number of hydrogen-bond acceptors (Lipinski definition) is 4. The molecule has 2 rings (SSSR count). The van der Waals surface area contributed by atoms with E-state index < -0.39 is 5.41 Å². The van der Waals surface area contributed by atoms with E-state index in [2.05, 4.69) is 6.08 Å². The molecule has 0 aromatic heterocycles. The van der Waals surface area contributed by atoms with Gasteiger partial charge in [-0.05, 0) is 31.0 Å². The number of benzene rings is 1. The van der Waals surface area contributed by atoms with Crippen LogP contribution in [0.25, 0.3) is 0 Å². The van der Waals surface area contributed by atoms with Crippen molar-refractivity contribution in [3.63, 3.8) is 0 Å². The molecule has 4 nitrogen and oxygen atoms in total.